The zero-order chi connectivity index (χ0) is 17.3. The lowest BCUT2D eigenvalue weighted by atomic mass is 10.0. The SMILES string of the molecule is Cc1ccc(C(O)c2ccc(-c3noc(C(F)(F)F)n3)cc2)nc1. The van der Waals surface area contributed by atoms with Crippen molar-refractivity contribution in [3.63, 3.8) is 0 Å². The van der Waals surface area contributed by atoms with Gasteiger partial charge in [0.1, 0.15) is 6.10 Å². The number of aliphatic hydroxyl groups excluding tert-OH is 1. The van der Waals surface area contributed by atoms with E-state index in [1.807, 2.05) is 13.0 Å². The van der Waals surface area contributed by atoms with Crippen LogP contribution < -0.4 is 0 Å². The van der Waals surface area contributed by atoms with E-state index >= 15 is 0 Å². The van der Waals surface area contributed by atoms with Gasteiger partial charge in [0.2, 0.25) is 5.82 Å². The first-order valence-electron chi connectivity index (χ1n) is 6.96. The van der Waals surface area contributed by atoms with Gasteiger partial charge in [0.15, 0.2) is 0 Å². The summed E-state index contributed by atoms with van der Waals surface area (Å²) in [5.41, 5.74) is 2.35. The molecule has 3 aromatic rings. The van der Waals surface area contributed by atoms with Crippen molar-refractivity contribution in [2.75, 3.05) is 0 Å². The van der Waals surface area contributed by atoms with E-state index in [4.69, 9.17) is 0 Å². The van der Waals surface area contributed by atoms with Gasteiger partial charge in [-0.1, -0.05) is 35.5 Å². The van der Waals surface area contributed by atoms with Gasteiger partial charge in [-0.2, -0.15) is 18.2 Å². The van der Waals surface area contributed by atoms with Gasteiger partial charge in [0.25, 0.3) is 0 Å². The van der Waals surface area contributed by atoms with Crippen LogP contribution in [-0.2, 0) is 6.18 Å². The molecule has 1 atom stereocenters. The monoisotopic (exact) mass is 335 g/mol. The number of aryl methyl sites for hydroxylation is 1. The van der Waals surface area contributed by atoms with Crippen molar-refractivity contribution in [1.82, 2.24) is 15.1 Å². The highest BCUT2D eigenvalue weighted by atomic mass is 19.4. The molecule has 24 heavy (non-hydrogen) atoms. The Hall–Kier alpha value is -2.74. The lowest BCUT2D eigenvalue weighted by Gasteiger charge is -2.11. The van der Waals surface area contributed by atoms with E-state index in [1.54, 1.807) is 24.4 Å². The Kier molecular flexibility index (Phi) is 4.06. The summed E-state index contributed by atoms with van der Waals surface area (Å²) in [5, 5.41) is 13.6. The van der Waals surface area contributed by atoms with Crippen molar-refractivity contribution in [2.24, 2.45) is 0 Å². The Balaban J connectivity index is 1.82. The van der Waals surface area contributed by atoms with Crippen LogP contribution in [0.25, 0.3) is 11.4 Å². The van der Waals surface area contributed by atoms with E-state index in [0.29, 0.717) is 16.8 Å². The van der Waals surface area contributed by atoms with Crippen LogP contribution in [0.2, 0.25) is 0 Å². The Morgan fingerprint density at radius 3 is 2.33 bits per heavy atom. The predicted molar refractivity (Wildman–Crippen MR) is 77.8 cm³/mol. The largest absolute Gasteiger partial charge is 0.471 e. The van der Waals surface area contributed by atoms with Crippen molar-refractivity contribution in [2.45, 2.75) is 19.2 Å². The molecule has 5 nitrogen and oxygen atoms in total. The molecule has 1 N–H and O–H groups in total. The van der Waals surface area contributed by atoms with Crippen molar-refractivity contribution in [3.05, 3.63) is 65.3 Å². The summed E-state index contributed by atoms with van der Waals surface area (Å²) in [6.07, 6.45) is -3.97. The maximum Gasteiger partial charge on any atom is 0.471 e. The maximum atomic E-state index is 12.5. The van der Waals surface area contributed by atoms with E-state index in [1.165, 1.54) is 12.1 Å². The minimum absolute atomic E-state index is 0.170. The third-order valence-electron chi connectivity index (χ3n) is 3.37. The van der Waals surface area contributed by atoms with Crippen LogP contribution >= 0.6 is 0 Å². The highest BCUT2D eigenvalue weighted by Crippen LogP contribution is 2.30. The zero-order valence-corrected chi connectivity index (χ0v) is 12.4. The molecule has 0 saturated carbocycles. The molecule has 2 aromatic heterocycles. The van der Waals surface area contributed by atoms with Gasteiger partial charge < -0.3 is 9.63 Å². The Morgan fingerprint density at radius 2 is 1.79 bits per heavy atom. The second kappa shape index (κ2) is 6.04. The lowest BCUT2D eigenvalue weighted by Crippen LogP contribution is -2.04. The zero-order valence-electron chi connectivity index (χ0n) is 12.4. The molecule has 124 valence electrons. The molecule has 2 heterocycles. The number of benzene rings is 1. The summed E-state index contributed by atoms with van der Waals surface area (Å²) in [5.74, 6) is -1.57. The molecule has 0 amide bonds. The Morgan fingerprint density at radius 1 is 1.08 bits per heavy atom. The smallest absolute Gasteiger partial charge is 0.382 e. The number of aliphatic hydroxyl groups is 1. The summed E-state index contributed by atoms with van der Waals surface area (Å²) in [7, 11) is 0. The van der Waals surface area contributed by atoms with Crippen LogP contribution in [0.3, 0.4) is 0 Å². The van der Waals surface area contributed by atoms with Gasteiger partial charge >= 0.3 is 12.1 Å². The maximum absolute atomic E-state index is 12.5. The summed E-state index contributed by atoms with van der Waals surface area (Å²) in [6, 6.07) is 9.71. The molecule has 0 radical (unpaired) electrons. The quantitative estimate of drug-likeness (QED) is 0.792. The van der Waals surface area contributed by atoms with E-state index in [2.05, 4.69) is 19.6 Å². The third kappa shape index (κ3) is 3.28. The average Bonchev–Trinajstić information content (AvgIpc) is 3.05. The number of hydrogen-bond donors (Lipinski definition) is 1. The van der Waals surface area contributed by atoms with E-state index in [0.717, 1.165) is 5.56 Å². The van der Waals surface area contributed by atoms with Crippen LogP contribution in [0, 0.1) is 6.92 Å². The average molecular weight is 335 g/mol. The van der Waals surface area contributed by atoms with Gasteiger partial charge in [0, 0.05) is 11.8 Å². The second-order valence-corrected chi connectivity index (χ2v) is 5.21. The van der Waals surface area contributed by atoms with Crippen LogP contribution in [0.15, 0.2) is 47.1 Å². The summed E-state index contributed by atoms with van der Waals surface area (Å²) < 4.78 is 41.6. The molecule has 0 fully saturated rings. The van der Waals surface area contributed by atoms with E-state index in [-0.39, 0.29) is 5.82 Å². The molecule has 0 spiro atoms. The number of rotatable bonds is 3. The number of hydrogen-bond acceptors (Lipinski definition) is 5. The number of halogens is 3. The Bertz CT molecular complexity index is 827. The second-order valence-electron chi connectivity index (χ2n) is 5.21. The molecular formula is C16H12F3N3O2. The van der Waals surface area contributed by atoms with Gasteiger partial charge in [-0.05, 0) is 24.1 Å². The topological polar surface area (TPSA) is 72.0 Å². The fourth-order valence-electron chi connectivity index (χ4n) is 2.08. The molecule has 1 aromatic carbocycles. The predicted octanol–water partition coefficient (Wildman–Crippen LogP) is 3.54. The lowest BCUT2D eigenvalue weighted by molar-refractivity contribution is -0.159. The molecule has 0 aliphatic heterocycles. The first-order chi connectivity index (χ1) is 11.3. The molecule has 8 heteroatoms. The first kappa shape index (κ1) is 16.1. The number of pyridine rings is 1. The summed E-state index contributed by atoms with van der Waals surface area (Å²) in [6.45, 7) is 1.89. The van der Waals surface area contributed by atoms with Gasteiger partial charge in [-0.15, -0.1) is 0 Å². The normalized spacial score (nSPS) is 13.0. The van der Waals surface area contributed by atoms with Gasteiger partial charge in [-0.3, -0.25) is 4.98 Å². The fourth-order valence-corrected chi connectivity index (χ4v) is 2.08. The van der Waals surface area contributed by atoms with Crippen molar-refractivity contribution in [3.8, 4) is 11.4 Å². The van der Waals surface area contributed by atoms with Crippen molar-refractivity contribution >= 4 is 0 Å². The molecule has 0 aliphatic rings. The minimum atomic E-state index is -4.68. The van der Waals surface area contributed by atoms with Gasteiger partial charge in [0.05, 0.1) is 5.69 Å². The molecule has 0 aliphatic carbocycles. The van der Waals surface area contributed by atoms with Gasteiger partial charge in [-0.25, -0.2) is 0 Å². The molecule has 0 bridgehead atoms. The van der Waals surface area contributed by atoms with E-state index < -0.39 is 18.2 Å². The van der Waals surface area contributed by atoms with Crippen LogP contribution in [0.5, 0.6) is 0 Å². The molecule has 1 unspecified atom stereocenters. The molecular weight excluding hydrogens is 323 g/mol. The first-order valence-corrected chi connectivity index (χ1v) is 6.96. The third-order valence-corrected chi connectivity index (χ3v) is 3.37. The van der Waals surface area contributed by atoms with Crippen molar-refractivity contribution < 1.29 is 22.8 Å². The Labute approximate surface area is 134 Å². The van der Waals surface area contributed by atoms with E-state index in [9.17, 15) is 18.3 Å². The van der Waals surface area contributed by atoms with Crippen LogP contribution in [0.1, 0.15) is 28.8 Å². The highest BCUT2D eigenvalue weighted by Gasteiger charge is 2.38. The van der Waals surface area contributed by atoms with Crippen LogP contribution in [0.4, 0.5) is 13.2 Å². The standard InChI is InChI=1S/C16H12F3N3O2/c1-9-2-7-12(20-8-9)13(23)10-3-5-11(6-4-10)14-21-15(24-22-14)16(17,18)19/h2-8,13,23H,1H3. The fraction of sp³-hybridized carbons (Fsp3) is 0.188. The van der Waals surface area contributed by atoms with Crippen LogP contribution in [-0.4, -0.2) is 20.2 Å². The number of alkyl halides is 3. The highest BCUT2D eigenvalue weighted by molar-refractivity contribution is 5.55. The number of nitrogens with zero attached hydrogens (tertiary/aromatic N) is 3. The molecule has 0 saturated heterocycles. The van der Waals surface area contributed by atoms with Crippen molar-refractivity contribution in [1.29, 1.82) is 0 Å². The minimum Gasteiger partial charge on any atom is -0.382 e. The number of aromatic nitrogens is 3. The summed E-state index contributed by atoms with van der Waals surface area (Å²) >= 11 is 0. The summed E-state index contributed by atoms with van der Waals surface area (Å²) in [4.78, 5) is 7.47. The molecule has 3 rings (SSSR count).